The van der Waals surface area contributed by atoms with E-state index >= 15 is 0 Å². The minimum atomic E-state index is 0.529. The van der Waals surface area contributed by atoms with Gasteiger partial charge in [0, 0.05) is 13.2 Å². The van der Waals surface area contributed by atoms with Gasteiger partial charge in [-0.15, -0.1) is 0 Å². The highest BCUT2D eigenvalue weighted by Crippen LogP contribution is 2.21. The molecule has 1 N–H and O–H groups in total. The van der Waals surface area contributed by atoms with Crippen molar-refractivity contribution < 1.29 is 0 Å². The highest BCUT2D eigenvalue weighted by molar-refractivity contribution is 5.75. The van der Waals surface area contributed by atoms with Crippen molar-refractivity contribution >= 4 is 11.2 Å². The molecule has 116 valence electrons. The molecule has 0 amide bonds. The Morgan fingerprint density at radius 2 is 1.83 bits per heavy atom. The van der Waals surface area contributed by atoms with Crippen LogP contribution in [0.4, 0.5) is 0 Å². The minimum absolute atomic E-state index is 0.529. The quantitative estimate of drug-likeness (QED) is 0.632. The Bertz CT molecular complexity index is 955. The number of nitrogens with one attached hydrogen (secondary N) is 1. The number of imidazole rings is 1. The van der Waals surface area contributed by atoms with Gasteiger partial charge in [0.1, 0.15) is 11.3 Å². The fourth-order valence-electron chi connectivity index (χ4n) is 2.65. The van der Waals surface area contributed by atoms with Crippen LogP contribution in [0.3, 0.4) is 0 Å². The first kappa shape index (κ1) is 13.8. The molecule has 0 aliphatic heterocycles. The summed E-state index contributed by atoms with van der Waals surface area (Å²) in [5.74, 6) is 1.33. The first-order valence-corrected chi connectivity index (χ1v) is 7.65. The van der Waals surface area contributed by atoms with Gasteiger partial charge in [0.2, 0.25) is 0 Å². The first-order valence-electron chi connectivity index (χ1n) is 7.65. The van der Waals surface area contributed by atoms with E-state index < -0.39 is 0 Å². The van der Waals surface area contributed by atoms with E-state index in [1.807, 2.05) is 24.1 Å². The van der Waals surface area contributed by atoms with Gasteiger partial charge >= 0.3 is 0 Å². The lowest BCUT2D eigenvalue weighted by atomic mass is 10.0. The van der Waals surface area contributed by atoms with Crippen LogP contribution in [0.2, 0.25) is 0 Å². The number of H-pyrrole nitrogens is 1. The van der Waals surface area contributed by atoms with Crippen LogP contribution in [0, 0.1) is 0 Å². The van der Waals surface area contributed by atoms with Gasteiger partial charge < -0.3 is 4.98 Å². The maximum Gasteiger partial charge on any atom is 0.176 e. The lowest BCUT2D eigenvalue weighted by molar-refractivity contribution is 0.787. The van der Waals surface area contributed by atoms with E-state index in [2.05, 4.69) is 58.3 Å². The molecule has 0 saturated heterocycles. The lowest BCUT2D eigenvalue weighted by Gasteiger charge is -2.06. The zero-order valence-electron chi connectivity index (χ0n) is 13.4. The van der Waals surface area contributed by atoms with E-state index in [0.717, 1.165) is 28.2 Å². The number of aromatic nitrogens is 6. The van der Waals surface area contributed by atoms with Crippen molar-refractivity contribution in [3.8, 4) is 17.1 Å². The Hall–Kier alpha value is -2.89. The van der Waals surface area contributed by atoms with Gasteiger partial charge in [-0.2, -0.15) is 10.2 Å². The van der Waals surface area contributed by atoms with Gasteiger partial charge in [0.25, 0.3) is 0 Å². The van der Waals surface area contributed by atoms with Crippen LogP contribution >= 0.6 is 0 Å². The van der Waals surface area contributed by atoms with E-state index in [1.165, 1.54) is 5.56 Å². The van der Waals surface area contributed by atoms with Gasteiger partial charge in [-0.25, -0.2) is 14.3 Å². The minimum Gasteiger partial charge on any atom is -0.335 e. The zero-order chi connectivity index (χ0) is 16.0. The molecule has 4 aromatic rings. The average Bonchev–Trinajstić information content (AvgIpc) is 3.24. The molecule has 6 heteroatoms. The van der Waals surface area contributed by atoms with Crippen LogP contribution in [-0.4, -0.2) is 29.5 Å². The normalized spacial score (nSPS) is 11.7. The Kier molecular flexibility index (Phi) is 3.04. The Morgan fingerprint density at radius 3 is 2.52 bits per heavy atom. The van der Waals surface area contributed by atoms with Crippen LogP contribution < -0.4 is 0 Å². The van der Waals surface area contributed by atoms with E-state index in [4.69, 9.17) is 0 Å². The predicted octanol–water partition coefficient (Wildman–Crippen LogP) is 3.27. The second-order valence-electron chi connectivity index (χ2n) is 6.01. The van der Waals surface area contributed by atoms with Crippen LogP contribution in [0.15, 0.2) is 42.9 Å². The molecular weight excluding hydrogens is 288 g/mol. The summed E-state index contributed by atoms with van der Waals surface area (Å²) in [5.41, 5.74) is 5.09. The zero-order valence-corrected chi connectivity index (χ0v) is 13.4. The Balaban J connectivity index is 1.67. The molecule has 0 spiro atoms. The number of hydrogen-bond acceptors (Lipinski definition) is 3. The van der Waals surface area contributed by atoms with Crippen molar-refractivity contribution in [2.24, 2.45) is 7.05 Å². The van der Waals surface area contributed by atoms with Crippen molar-refractivity contribution in [2.75, 3.05) is 0 Å². The van der Waals surface area contributed by atoms with Crippen molar-refractivity contribution in [1.29, 1.82) is 0 Å². The Morgan fingerprint density at radius 1 is 1.04 bits per heavy atom. The van der Waals surface area contributed by atoms with Crippen LogP contribution in [0.25, 0.3) is 28.2 Å². The largest absolute Gasteiger partial charge is 0.335 e. The number of aryl methyl sites for hydroxylation is 1. The van der Waals surface area contributed by atoms with Crippen LogP contribution in [0.1, 0.15) is 25.3 Å². The van der Waals surface area contributed by atoms with E-state index in [-0.39, 0.29) is 0 Å². The fourth-order valence-corrected chi connectivity index (χ4v) is 2.65. The molecular formula is C17H18N6. The summed E-state index contributed by atoms with van der Waals surface area (Å²) in [6.07, 6.45) is 5.58. The van der Waals surface area contributed by atoms with Crippen molar-refractivity contribution in [3.05, 3.63) is 48.4 Å². The third-order valence-corrected chi connectivity index (χ3v) is 4.06. The molecule has 4 rings (SSSR count). The summed E-state index contributed by atoms with van der Waals surface area (Å²) in [5, 5.41) is 8.62. The molecule has 3 heterocycles. The highest BCUT2D eigenvalue weighted by Gasteiger charge is 2.11. The summed E-state index contributed by atoms with van der Waals surface area (Å²) in [7, 11) is 1.88. The van der Waals surface area contributed by atoms with Gasteiger partial charge in [-0.3, -0.25) is 0 Å². The summed E-state index contributed by atoms with van der Waals surface area (Å²) in [4.78, 5) is 7.85. The molecule has 6 nitrogen and oxygen atoms in total. The SMILES string of the molecule is CC(C)c1ccc(-n2cc(-c3nc4c(cnn4C)[nH]3)cn2)cc1. The standard InChI is InChI=1S/C17H18N6/c1-11(2)12-4-6-14(7-5-12)23-10-13(8-19-23)16-20-15-9-18-22(3)17(15)21-16/h4-11H,1-3H3,(H,20,21). The molecule has 0 aliphatic carbocycles. The number of fused-ring (bicyclic) bond motifs is 1. The molecule has 0 fully saturated rings. The number of hydrogen-bond donors (Lipinski definition) is 1. The van der Waals surface area contributed by atoms with Gasteiger partial charge in [0.15, 0.2) is 5.65 Å². The molecule has 0 unspecified atom stereocenters. The number of nitrogens with zero attached hydrogens (tertiary/aromatic N) is 5. The molecule has 23 heavy (non-hydrogen) atoms. The number of rotatable bonds is 3. The first-order chi connectivity index (χ1) is 11.1. The molecule has 0 bridgehead atoms. The fraction of sp³-hybridized carbons (Fsp3) is 0.235. The lowest BCUT2D eigenvalue weighted by Crippen LogP contribution is -1.95. The summed E-state index contributed by atoms with van der Waals surface area (Å²) >= 11 is 0. The van der Waals surface area contributed by atoms with Crippen LogP contribution in [0.5, 0.6) is 0 Å². The maximum absolute atomic E-state index is 4.58. The third-order valence-electron chi connectivity index (χ3n) is 4.06. The number of benzene rings is 1. The molecule has 0 aliphatic rings. The van der Waals surface area contributed by atoms with Crippen molar-refractivity contribution in [2.45, 2.75) is 19.8 Å². The average molecular weight is 306 g/mol. The topological polar surface area (TPSA) is 64.3 Å². The van der Waals surface area contributed by atoms with E-state index in [0.29, 0.717) is 5.92 Å². The monoisotopic (exact) mass is 306 g/mol. The summed E-state index contributed by atoms with van der Waals surface area (Å²) in [6.45, 7) is 4.38. The summed E-state index contributed by atoms with van der Waals surface area (Å²) in [6, 6.07) is 8.48. The van der Waals surface area contributed by atoms with Crippen molar-refractivity contribution in [3.63, 3.8) is 0 Å². The van der Waals surface area contributed by atoms with Gasteiger partial charge in [-0.1, -0.05) is 26.0 Å². The second kappa shape index (κ2) is 5.08. The second-order valence-corrected chi connectivity index (χ2v) is 6.01. The van der Waals surface area contributed by atoms with Gasteiger partial charge in [-0.05, 0) is 23.6 Å². The molecule has 3 aromatic heterocycles. The third kappa shape index (κ3) is 2.32. The number of aromatic amines is 1. The summed E-state index contributed by atoms with van der Waals surface area (Å²) < 4.78 is 3.62. The van der Waals surface area contributed by atoms with E-state index in [1.54, 1.807) is 10.9 Å². The van der Waals surface area contributed by atoms with Crippen molar-refractivity contribution in [1.82, 2.24) is 29.5 Å². The molecule has 0 atom stereocenters. The Labute approximate surface area is 133 Å². The molecule has 1 aromatic carbocycles. The predicted molar refractivity (Wildman–Crippen MR) is 89.5 cm³/mol. The smallest absolute Gasteiger partial charge is 0.176 e. The molecule has 0 radical (unpaired) electrons. The van der Waals surface area contributed by atoms with Gasteiger partial charge in [0.05, 0.1) is 23.6 Å². The molecule has 0 saturated carbocycles. The van der Waals surface area contributed by atoms with E-state index in [9.17, 15) is 0 Å². The maximum atomic E-state index is 4.58. The van der Waals surface area contributed by atoms with Crippen LogP contribution in [-0.2, 0) is 7.05 Å². The highest BCUT2D eigenvalue weighted by atomic mass is 15.3.